The van der Waals surface area contributed by atoms with Crippen molar-refractivity contribution in [1.82, 2.24) is 9.97 Å². The molecule has 0 saturated heterocycles. The lowest BCUT2D eigenvalue weighted by Gasteiger charge is -2.06. The lowest BCUT2D eigenvalue weighted by atomic mass is 10.2. The summed E-state index contributed by atoms with van der Waals surface area (Å²) in [6.07, 6.45) is 1.50. The van der Waals surface area contributed by atoms with Crippen LogP contribution in [0.15, 0.2) is 40.5 Å². The molecule has 0 radical (unpaired) electrons. The van der Waals surface area contributed by atoms with E-state index in [0.29, 0.717) is 28.7 Å². The van der Waals surface area contributed by atoms with E-state index in [1.807, 2.05) is 24.3 Å². The van der Waals surface area contributed by atoms with Gasteiger partial charge in [-0.3, -0.25) is 0 Å². The van der Waals surface area contributed by atoms with Crippen LogP contribution in [-0.2, 0) is 4.74 Å². The van der Waals surface area contributed by atoms with Crippen molar-refractivity contribution in [3.05, 3.63) is 41.7 Å². The van der Waals surface area contributed by atoms with E-state index in [1.54, 1.807) is 13.8 Å². The molecule has 0 aliphatic rings. The van der Waals surface area contributed by atoms with Crippen molar-refractivity contribution in [1.29, 1.82) is 0 Å². The Balaban J connectivity index is 2.16. The van der Waals surface area contributed by atoms with Crippen LogP contribution in [0.25, 0.3) is 0 Å². The van der Waals surface area contributed by atoms with Gasteiger partial charge in [-0.2, -0.15) is 0 Å². The molecular weight excluding hydrogens is 274 g/mol. The number of rotatable bonds is 4. The molecule has 104 valence electrons. The molecular formula is C14H15N3O2S. The van der Waals surface area contributed by atoms with Crippen LogP contribution in [0, 0.1) is 6.92 Å². The van der Waals surface area contributed by atoms with E-state index >= 15 is 0 Å². The summed E-state index contributed by atoms with van der Waals surface area (Å²) in [4.78, 5) is 21.1. The van der Waals surface area contributed by atoms with Gasteiger partial charge in [0, 0.05) is 16.8 Å². The van der Waals surface area contributed by atoms with Crippen LogP contribution in [0.3, 0.4) is 0 Å². The van der Waals surface area contributed by atoms with E-state index in [0.717, 1.165) is 4.90 Å². The lowest BCUT2D eigenvalue weighted by Crippen LogP contribution is -2.09. The summed E-state index contributed by atoms with van der Waals surface area (Å²) in [7, 11) is 0. The third-order valence-corrected chi connectivity index (χ3v) is 3.43. The van der Waals surface area contributed by atoms with Gasteiger partial charge in [-0.25, -0.2) is 14.8 Å². The van der Waals surface area contributed by atoms with Gasteiger partial charge in [0.2, 0.25) is 0 Å². The van der Waals surface area contributed by atoms with Gasteiger partial charge in [0.05, 0.1) is 17.9 Å². The van der Waals surface area contributed by atoms with E-state index in [2.05, 4.69) is 9.97 Å². The van der Waals surface area contributed by atoms with Crippen molar-refractivity contribution < 1.29 is 9.53 Å². The minimum Gasteiger partial charge on any atom is -0.462 e. The number of benzene rings is 1. The SMILES string of the molecule is CCOC(=O)c1cnc(Sc2ccc(N)cc2)nc1C. The number of nitrogens with two attached hydrogens (primary N) is 1. The molecule has 5 nitrogen and oxygen atoms in total. The Morgan fingerprint density at radius 2 is 2.05 bits per heavy atom. The van der Waals surface area contributed by atoms with Gasteiger partial charge in [-0.05, 0) is 49.9 Å². The molecule has 0 aliphatic carbocycles. The molecule has 6 heteroatoms. The van der Waals surface area contributed by atoms with Crippen LogP contribution in [0.5, 0.6) is 0 Å². The van der Waals surface area contributed by atoms with E-state index in [9.17, 15) is 4.79 Å². The minimum absolute atomic E-state index is 0.334. The fourth-order valence-corrected chi connectivity index (χ4v) is 2.32. The highest BCUT2D eigenvalue weighted by Gasteiger charge is 2.13. The molecule has 0 saturated carbocycles. The predicted molar refractivity (Wildman–Crippen MR) is 77.7 cm³/mol. The van der Waals surface area contributed by atoms with E-state index in [-0.39, 0.29) is 0 Å². The third-order valence-electron chi connectivity index (χ3n) is 2.54. The van der Waals surface area contributed by atoms with Crippen molar-refractivity contribution in [2.45, 2.75) is 23.9 Å². The molecule has 0 spiro atoms. The zero-order valence-electron chi connectivity index (χ0n) is 11.3. The number of carbonyl (C=O) groups is 1. The quantitative estimate of drug-likeness (QED) is 0.529. The summed E-state index contributed by atoms with van der Waals surface area (Å²) in [6.45, 7) is 3.86. The number of carbonyl (C=O) groups excluding carboxylic acids is 1. The second kappa shape index (κ2) is 6.38. The van der Waals surface area contributed by atoms with E-state index < -0.39 is 5.97 Å². The lowest BCUT2D eigenvalue weighted by molar-refractivity contribution is 0.0524. The molecule has 2 N–H and O–H groups in total. The fraction of sp³-hybridized carbons (Fsp3) is 0.214. The zero-order chi connectivity index (χ0) is 14.5. The molecule has 0 atom stereocenters. The predicted octanol–water partition coefficient (Wildman–Crippen LogP) is 2.70. The minimum atomic E-state index is -0.394. The maximum absolute atomic E-state index is 11.6. The first-order chi connectivity index (χ1) is 9.60. The van der Waals surface area contributed by atoms with Crippen LogP contribution in [0.2, 0.25) is 0 Å². The average Bonchev–Trinajstić information content (AvgIpc) is 2.42. The Labute approximate surface area is 121 Å². The van der Waals surface area contributed by atoms with Crippen molar-refractivity contribution in [2.75, 3.05) is 12.3 Å². The maximum Gasteiger partial charge on any atom is 0.341 e. The Morgan fingerprint density at radius 3 is 2.65 bits per heavy atom. The summed E-state index contributed by atoms with van der Waals surface area (Å²) in [5.41, 5.74) is 7.35. The molecule has 20 heavy (non-hydrogen) atoms. The maximum atomic E-state index is 11.6. The van der Waals surface area contributed by atoms with Crippen molar-refractivity contribution in [2.24, 2.45) is 0 Å². The number of hydrogen-bond acceptors (Lipinski definition) is 6. The molecule has 1 heterocycles. The number of anilines is 1. The molecule has 2 aromatic rings. The molecule has 0 fully saturated rings. The standard InChI is InChI=1S/C14H15N3O2S/c1-3-19-13(18)12-8-16-14(17-9(12)2)20-11-6-4-10(15)5-7-11/h4-8H,3,15H2,1-2H3. The average molecular weight is 289 g/mol. The van der Waals surface area contributed by atoms with Crippen LogP contribution < -0.4 is 5.73 Å². The number of aromatic nitrogens is 2. The number of ether oxygens (including phenoxy) is 1. The van der Waals surface area contributed by atoms with Crippen LogP contribution in [0.4, 0.5) is 5.69 Å². The Bertz CT molecular complexity index is 614. The largest absolute Gasteiger partial charge is 0.462 e. The first kappa shape index (κ1) is 14.3. The molecule has 0 bridgehead atoms. The number of nitrogens with zero attached hydrogens (tertiary/aromatic N) is 2. The highest BCUT2D eigenvalue weighted by atomic mass is 32.2. The van der Waals surface area contributed by atoms with Gasteiger partial charge in [0.15, 0.2) is 5.16 Å². The molecule has 1 aromatic heterocycles. The Morgan fingerprint density at radius 1 is 1.35 bits per heavy atom. The number of hydrogen-bond donors (Lipinski definition) is 1. The second-order valence-electron chi connectivity index (χ2n) is 4.04. The smallest absolute Gasteiger partial charge is 0.341 e. The van der Waals surface area contributed by atoms with E-state index in [1.165, 1.54) is 18.0 Å². The highest BCUT2D eigenvalue weighted by molar-refractivity contribution is 7.99. The highest BCUT2D eigenvalue weighted by Crippen LogP contribution is 2.25. The second-order valence-corrected chi connectivity index (χ2v) is 5.08. The number of esters is 1. The van der Waals surface area contributed by atoms with Crippen molar-refractivity contribution in [3.63, 3.8) is 0 Å². The third kappa shape index (κ3) is 3.48. The zero-order valence-corrected chi connectivity index (χ0v) is 12.1. The van der Waals surface area contributed by atoms with E-state index in [4.69, 9.17) is 10.5 Å². The first-order valence-electron chi connectivity index (χ1n) is 6.14. The molecule has 0 amide bonds. The van der Waals surface area contributed by atoms with Crippen LogP contribution in [-0.4, -0.2) is 22.5 Å². The van der Waals surface area contributed by atoms with Crippen molar-refractivity contribution in [3.8, 4) is 0 Å². The van der Waals surface area contributed by atoms with Gasteiger partial charge >= 0.3 is 5.97 Å². The van der Waals surface area contributed by atoms with Crippen molar-refractivity contribution >= 4 is 23.4 Å². The van der Waals surface area contributed by atoms with Gasteiger partial charge in [0.1, 0.15) is 0 Å². The summed E-state index contributed by atoms with van der Waals surface area (Å²) in [5.74, 6) is -0.394. The Hall–Kier alpha value is -2.08. The molecule has 0 unspecified atom stereocenters. The summed E-state index contributed by atoms with van der Waals surface area (Å²) < 4.78 is 4.94. The first-order valence-corrected chi connectivity index (χ1v) is 6.96. The van der Waals surface area contributed by atoms with Gasteiger partial charge < -0.3 is 10.5 Å². The van der Waals surface area contributed by atoms with Gasteiger partial charge in [-0.15, -0.1) is 0 Å². The van der Waals surface area contributed by atoms with Gasteiger partial charge in [-0.1, -0.05) is 0 Å². The van der Waals surface area contributed by atoms with Crippen LogP contribution >= 0.6 is 11.8 Å². The summed E-state index contributed by atoms with van der Waals surface area (Å²) >= 11 is 1.41. The topological polar surface area (TPSA) is 78.1 Å². The number of aryl methyl sites for hydroxylation is 1. The summed E-state index contributed by atoms with van der Waals surface area (Å²) in [5, 5.41) is 0.584. The summed E-state index contributed by atoms with van der Waals surface area (Å²) in [6, 6.07) is 7.44. The molecule has 0 aliphatic heterocycles. The Kier molecular flexibility index (Phi) is 4.57. The molecule has 2 rings (SSSR count). The number of nitrogen functional groups attached to an aromatic ring is 1. The molecule has 1 aromatic carbocycles. The van der Waals surface area contributed by atoms with Gasteiger partial charge in [0.25, 0.3) is 0 Å². The normalized spacial score (nSPS) is 10.3. The fourth-order valence-electron chi connectivity index (χ4n) is 1.55. The monoisotopic (exact) mass is 289 g/mol. The van der Waals surface area contributed by atoms with Crippen LogP contribution in [0.1, 0.15) is 23.0 Å².